The summed E-state index contributed by atoms with van der Waals surface area (Å²) < 4.78 is 0. The molecule has 0 aromatic heterocycles. The van der Waals surface area contributed by atoms with Gasteiger partial charge in [-0.05, 0) is 42.5 Å². The number of hydrazone groups is 1. The summed E-state index contributed by atoms with van der Waals surface area (Å²) in [6, 6.07) is 7.88. The Hall–Kier alpha value is -2.56. The second-order valence-electron chi connectivity index (χ2n) is 4.44. The third kappa shape index (κ3) is 3.22. The number of nitrogens with two attached hydrogens (primary N) is 1. The fraction of sp³-hybridized carbons (Fsp3) is 0.143. The van der Waals surface area contributed by atoms with Crippen LogP contribution in [0.25, 0.3) is 0 Å². The molecule has 5 nitrogen and oxygen atoms in total. The van der Waals surface area contributed by atoms with Gasteiger partial charge in [0.25, 0.3) is 0 Å². The SMILES string of the molecule is CN(C)c1ccc(N/N=C2/C=C(N)C=CC2=N)cc1. The first-order valence-electron chi connectivity index (χ1n) is 5.91. The lowest BCUT2D eigenvalue weighted by Gasteiger charge is -2.12. The molecule has 0 amide bonds. The van der Waals surface area contributed by atoms with E-state index in [1.165, 1.54) is 0 Å². The van der Waals surface area contributed by atoms with Crippen LogP contribution in [0.5, 0.6) is 0 Å². The minimum Gasteiger partial charge on any atom is -0.399 e. The fourth-order valence-electron chi connectivity index (χ4n) is 1.60. The van der Waals surface area contributed by atoms with Gasteiger partial charge in [-0.15, -0.1) is 0 Å². The monoisotopic (exact) mass is 255 g/mol. The Morgan fingerprint density at radius 3 is 2.47 bits per heavy atom. The molecule has 1 aliphatic carbocycles. The Morgan fingerprint density at radius 1 is 1.16 bits per heavy atom. The van der Waals surface area contributed by atoms with E-state index in [4.69, 9.17) is 11.1 Å². The predicted octanol–water partition coefficient (Wildman–Crippen LogP) is 1.95. The van der Waals surface area contributed by atoms with Crippen LogP contribution in [0.3, 0.4) is 0 Å². The maximum atomic E-state index is 7.73. The first kappa shape index (κ1) is 12.9. The van der Waals surface area contributed by atoms with Crippen molar-refractivity contribution in [2.45, 2.75) is 0 Å². The summed E-state index contributed by atoms with van der Waals surface area (Å²) in [5.74, 6) is 0. The van der Waals surface area contributed by atoms with Crippen LogP contribution < -0.4 is 16.1 Å². The van der Waals surface area contributed by atoms with Gasteiger partial charge in [-0.25, -0.2) is 0 Å². The van der Waals surface area contributed by atoms with Crippen molar-refractivity contribution in [3.8, 4) is 0 Å². The van der Waals surface area contributed by atoms with Gasteiger partial charge in [-0.1, -0.05) is 0 Å². The van der Waals surface area contributed by atoms with Crippen LogP contribution in [0, 0.1) is 5.41 Å². The van der Waals surface area contributed by atoms with Crippen LogP contribution in [0.15, 0.2) is 53.3 Å². The van der Waals surface area contributed by atoms with Crippen LogP contribution >= 0.6 is 0 Å². The standard InChI is InChI=1S/C14H17N5/c1-19(2)12-6-4-11(5-7-12)17-18-14-9-10(15)3-8-13(14)16/h3-9,16-17H,15H2,1-2H3/b16-13?,18-14-. The summed E-state index contributed by atoms with van der Waals surface area (Å²) >= 11 is 0. The summed E-state index contributed by atoms with van der Waals surface area (Å²) in [4.78, 5) is 2.03. The molecule has 0 saturated heterocycles. The number of nitrogens with one attached hydrogen (secondary N) is 2. The van der Waals surface area contributed by atoms with Crippen molar-refractivity contribution < 1.29 is 0 Å². The Balaban J connectivity index is 2.10. The van der Waals surface area contributed by atoms with E-state index in [-0.39, 0.29) is 0 Å². The van der Waals surface area contributed by atoms with E-state index in [2.05, 4.69) is 10.5 Å². The molecule has 1 aliphatic rings. The van der Waals surface area contributed by atoms with E-state index in [9.17, 15) is 0 Å². The number of rotatable bonds is 3. The van der Waals surface area contributed by atoms with Crippen molar-refractivity contribution in [2.24, 2.45) is 10.8 Å². The van der Waals surface area contributed by atoms with Gasteiger partial charge in [0.2, 0.25) is 0 Å². The summed E-state index contributed by atoms with van der Waals surface area (Å²) in [5.41, 5.74) is 12.0. The van der Waals surface area contributed by atoms with Crippen molar-refractivity contribution in [3.05, 3.63) is 48.2 Å². The van der Waals surface area contributed by atoms with Crippen molar-refractivity contribution >= 4 is 22.8 Å². The zero-order valence-corrected chi connectivity index (χ0v) is 11.0. The molecule has 0 aliphatic heterocycles. The lowest BCUT2D eigenvalue weighted by Crippen LogP contribution is -2.16. The number of hydrogen-bond acceptors (Lipinski definition) is 5. The topological polar surface area (TPSA) is 77.5 Å². The average Bonchev–Trinajstić information content (AvgIpc) is 2.40. The molecule has 0 fully saturated rings. The fourth-order valence-corrected chi connectivity index (χ4v) is 1.60. The number of benzene rings is 1. The van der Waals surface area contributed by atoms with Gasteiger partial charge in [0, 0.05) is 25.5 Å². The molecule has 0 heterocycles. The van der Waals surface area contributed by atoms with Gasteiger partial charge in [-0.2, -0.15) is 5.10 Å². The highest BCUT2D eigenvalue weighted by molar-refractivity contribution is 6.50. The van der Waals surface area contributed by atoms with E-state index in [1.54, 1.807) is 18.2 Å². The third-order valence-corrected chi connectivity index (χ3v) is 2.71. The molecule has 1 aromatic carbocycles. The first-order valence-corrected chi connectivity index (χ1v) is 5.91. The Bertz CT molecular complexity index is 564. The maximum absolute atomic E-state index is 7.73. The highest BCUT2D eigenvalue weighted by Gasteiger charge is 2.06. The molecule has 5 heteroatoms. The van der Waals surface area contributed by atoms with E-state index >= 15 is 0 Å². The van der Waals surface area contributed by atoms with E-state index in [0.29, 0.717) is 17.1 Å². The highest BCUT2D eigenvalue weighted by atomic mass is 15.3. The molecule has 0 radical (unpaired) electrons. The Morgan fingerprint density at radius 2 is 1.84 bits per heavy atom. The van der Waals surface area contributed by atoms with Crippen LogP contribution in [0.2, 0.25) is 0 Å². The van der Waals surface area contributed by atoms with E-state index < -0.39 is 0 Å². The third-order valence-electron chi connectivity index (χ3n) is 2.71. The molecule has 98 valence electrons. The largest absolute Gasteiger partial charge is 0.399 e. The molecular formula is C14H17N5. The lowest BCUT2D eigenvalue weighted by atomic mass is 10.1. The van der Waals surface area contributed by atoms with Gasteiger partial charge >= 0.3 is 0 Å². The van der Waals surface area contributed by atoms with E-state index in [1.807, 2.05) is 43.3 Å². The van der Waals surface area contributed by atoms with Crippen molar-refractivity contribution in [2.75, 3.05) is 24.4 Å². The molecule has 0 bridgehead atoms. The first-order chi connectivity index (χ1) is 9.06. The van der Waals surface area contributed by atoms with Gasteiger partial charge in [0.1, 0.15) is 5.71 Å². The minimum absolute atomic E-state index is 0.339. The molecule has 19 heavy (non-hydrogen) atoms. The molecule has 0 atom stereocenters. The van der Waals surface area contributed by atoms with Crippen molar-refractivity contribution in [1.29, 1.82) is 5.41 Å². The minimum atomic E-state index is 0.339. The zero-order chi connectivity index (χ0) is 13.8. The summed E-state index contributed by atoms with van der Waals surface area (Å²) in [6.07, 6.45) is 4.99. The number of hydrogen-bond donors (Lipinski definition) is 3. The van der Waals surface area contributed by atoms with Crippen LogP contribution in [-0.2, 0) is 0 Å². The number of allylic oxidation sites excluding steroid dienone is 3. The van der Waals surface area contributed by atoms with Gasteiger partial charge < -0.3 is 10.6 Å². The van der Waals surface area contributed by atoms with Gasteiger partial charge in [0.15, 0.2) is 0 Å². The molecule has 0 unspecified atom stereocenters. The molecule has 0 spiro atoms. The number of nitrogens with zero attached hydrogens (tertiary/aromatic N) is 2. The quantitative estimate of drug-likeness (QED) is 0.570. The predicted molar refractivity (Wildman–Crippen MR) is 81.0 cm³/mol. The molecule has 4 N–H and O–H groups in total. The second kappa shape index (κ2) is 5.39. The summed E-state index contributed by atoms with van der Waals surface area (Å²) in [5, 5.41) is 11.9. The van der Waals surface area contributed by atoms with E-state index in [0.717, 1.165) is 11.4 Å². The Kier molecular flexibility index (Phi) is 3.66. The molecule has 0 saturated carbocycles. The summed E-state index contributed by atoms with van der Waals surface area (Å²) in [7, 11) is 3.98. The van der Waals surface area contributed by atoms with Gasteiger partial charge in [-0.3, -0.25) is 10.8 Å². The number of anilines is 2. The van der Waals surface area contributed by atoms with Crippen molar-refractivity contribution in [3.63, 3.8) is 0 Å². The summed E-state index contributed by atoms with van der Waals surface area (Å²) in [6.45, 7) is 0. The molecule has 1 aromatic rings. The Labute approximate surface area is 112 Å². The highest BCUT2D eigenvalue weighted by Crippen LogP contribution is 2.15. The van der Waals surface area contributed by atoms with Crippen LogP contribution in [-0.4, -0.2) is 25.5 Å². The molecular weight excluding hydrogens is 238 g/mol. The van der Waals surface area contributed by atoms with Crippen molar-refractivity contribution in [1.82, 2.24) is 0 Å². The maximum Gasteiger partial charge on any atom is 0.110 e. The smallest absolute Gasteiger partial charge is 0.110 e. The normalized spacial score (nSPS) is 16.4. The zero-order valence-electron chi connectivity index (χ0n) is 11.0. The molecule has 2 rings (SSSR count). The van der Waals surface area contributed by atoms with Gasteiger partial charge in [0.05, 0.1) is 11.4 Å². The van der Waals surface area contributed by atoms with Crippen LogP contribution in [0.1, 0.15) is 0 Å². The lowest BCUT2D eigenvalue weighted by molar-refractivity contribution is 1.13. The second-order valence-corrected chi connectivity index (χ2v) is 4.44. The van der Waals surface area contributed by atoms with Crippen LogP contribution in [0.4, 0.5) is 11.4 Å². The average molecular weight is 255 g/mol.